The smallest absolute Gasteiger partial charge is 0.161 e. The second-order valence-electron chi connectivity index (χ2n) is 8.76. The summed E-state index contributed by atoms with van der Waals surface area (Å²) in [7, 11) is 0. The summed E-state index contributed by atoms with van der Waals surface area (Å²) >= 11 is 0. The zero-order chi connectivity index (χ0) is 21.4. The van der Waals surface area contributed by atoms with E-state index in [0.717, 1.165) is 43.7 Å². The van der Waals surface area contributed by atoms with Crippen LogP contribution in [-0.4, -0.2) is 53.6 Å². The first-order valence-electron chi connectivity index (χ1n) is 11.0. The van der Waals surface area contributed by atoms with E-state index in [0.29, 0.717) is 43.2 Å². The summed E-state index contributed by atoms with van der Waals surface area (Å²) < 4.78 is 31.2. The maximum Gasteiger partial charge on any atom is 0.161 e. The summed E-state index contributed by atoms with van der Waals surface area (Å²) in [6.45, 7) is 3.28. The maximum absolute atomic E-state index is 13.5. The highest BCUT2D eigenvalue weighted by Gasteiger charge is 2.43. The van der Waals surface area contributed by atoms with Gasteiger partial charge in [0.15, 0.2) is 11.5 Å². The molecule has 31 heavy (non-hydrogen) atoms. The molecule has 166 valence electrons. The number of aliphatic hydroxyl groups excluding tert-OH is 2. The van der Waals surface area contributed by atoms with Gasteiger partial charge in [-0.15, -0.1) is 0 Å². The Morgan fingerprint density at radius 2 is 1.77 bits per heavy atom. The van der Waals surface area contributed by atoms with E-state index in [4.69, 9.17) is 14.2 Å². The first kappa shape index (κ1) is 20.5. The van der Waals surface area contributed by atoms with Crippen LogP contribution in [0.2, 0.25) is 0 Å². The van der Waals surface area contributed by atoms with Crippen molar-refractivity contribution >= 4 is 0 Å². The van der Waals surface area contributed by atoms with E-state index < -0.39 is 17.8 Å². The number of rotatable bonds is 3. The molecule has 1 fully saturated rings. The highest BCUT2D eigenvalue weighted by molar-refractivity contribution is 5.44. The fraction of sp³-hybridized carbons (Fsp3) is 0.500. The van der Waals surface area contributed by atoms with Crippen molar-refractivity contribution in [3.8, 4) is 17.2 Å². The van der Waals surface area contributed by atoms with E-state index in [-0.39, 0.29) is 5.82 Å². The number of hydrogen-bond donors (Lipinski definition) is 2. The number of aliphatic hydroxyl groups is 2. The molecule has 2 atom stereocenters. The predicted molar refractivity (Wildman–Crippen MR) is 112 cm³/mol. The molecule has 0 saturated carbocycles. The number of hydrogen-bond acceptors (Lipinski definition) is 6. The first-order chi connectivity index (χ1) is 15.0. The Bertz CT molecular complexity index is 944. The number of ether oxygens (including phenoxy) is 3. The molecule has 0 radical (unpaired) electrons. The zero-order valence-electron chi connectivity index (χ0n) is 17.4. The second-order valence-corrected chi connectivity index (χ2v) is 8.76. The molecular weight excluding hydrogens is 401 g/mol. The van der Waals surface area contributed by atoms with Crippen molar-refractivity contribution in [1.29, 1.82) is 0 Å². The highest BCUT2D eigenvalue weighted by Crippen LogP contribution is 2.44. The van der Waals surface area contributed by atoms with Crippen LogP contribution >= 0.6 is 0 Å². The largest absolute Gasteiger partial charge is 0.490 e. The van der Waals surface area contributed by atoms with Crippen LogP contribution in [-0.2, 0) is 0 Å². The number of fused-ring (bicyclic) bond motifs is 2. The van der Waals surface area contributed by atoms with Gasteiger partial charge in [-0.05, 0) is 48.7 Å². The number of piperidine rings is 1. The molecule has 3 heterocycles. The minimum atomic E-state index is -0.724. The van der Waals surface area contributed by atoms with Crippen LogP contribution in [0.3, 0.4) is 0 Å². The van der Waals surface area contributed by atoms with E-state index in [1.807, 2.05) is 18.2 Å². The van der Waals surface area contributed by atoms with Gasteiger partial charge in [-0.3, -0.25) is 0 Å². The standard InChI is InChI=1S/C24H28FNO5/c25-17-3-5-21-18(13-17)19(27)14-24(31-21)6-8-26(9-7-24)15-20(28)16-2-4-22-23(12-16)30-11-1-10-29-22/h2-5,12-13,19-20,27-28H,1,6-11,14-15H2/t19-,20+/m0/s1. The van der Waals surface area contributed by atoms with Gasteiger partial charge in [-0.1, -0.05) is 6.07 Å². The molecule has 1 spiro atoms. The van der Waals surface area contributed by atoms with Gasteiger partial charge in [-0.2, -0.15) is 0 Å². The molecule has 6 nitrogen and oxygen atoms in total. The fourth-order valence-electron chi connectivity index (χ4n) is 4.80. The third kappa shape index (κ3) is 4.22. The van der Waals surface area contributed by atoms with Gasteiger partial charge in [0.1, 0.15) is 17.2 Å². The van der Waals surface area contributed by atoms with Crippen LogP contribution in [0.1, 0.15) is 49.0 Å². The van der Waals surface area contributed by atoms with Crippen molar-refractivity contribution in [2.45, 2.75) is 43.5 Å². The monoisotopic (exact) mass is 429 g/mol. The Hall–Kier alpha value is -2.35. The van der Waals surface area contributed by atoms with Gasteiger partial charge >= 0.3 is 0 Å². The number of β-amino-alcohol motifs (C(OH)–C–C–N with tert-alkyl or cyclic N) is 1. The quantitative estimate of drug-likeness (QED) is 0.780. The number of benzene rings is 2. The average Bonchev–Trinajstić information content (AvgIpc) is 3.01. The molecule has 5 rings (SSSR count). The lowest BCUT2D eigenvalue weighted by Crippen LogP contribution is -2.51. The van der Waals surface area contributed by atoms with Gasteiger partial charge in [0, 0.05) is 38.0 Å². The highest BCUT2D eigenvalue weighted by atomic mass is 19.1. The third-order valence-electron chi connectivity index (χ3n) is 6.58. The van der Waals surface area contributed by atoms with Crippen molar-refractivity contribution in [1.82, 2.24) is 4.90 Å². The summed E-state index contributed by atoms with van der Waals surface area (Å²) in [6, 6.07) is 9.95. The summed E-state index contributed by atoms with van der Waals surface area (Å²) in [6.07, 6.45) is 1.44. The second kappa shape index (κ2) is 8.30. The lowest BCUT2D eigenvalue weighted by molar-refractivity contribution is -0.0589. The third-order valence-corrected chi connectivity index (χ3v) is 6.58. The van der Waals surface area contributed by atoms with Crippen LogP contribution in [0.4, 0.5) is 4.39 Å². The fourth-order valence-corrected chi connectivity index (χ4v) is 4.80. The predicted octanol–water partition coefficient (Wildman–Crippen LogP) is 3.37. The van der Waals surface area contributed by atoms with Crippen molar-refractivity contribution in [3.63, 3.8) is 0 Å². The van der Waals surface area contributed by atoms with E-state index >= 15 is 0 Å². The molecule has 0 unspecified atom stereocenters. The van der Waals surface area contributed by atoms with Gasteiger partial charge < -0.3 is 29.3 Å². The van der Waals surface area contributed by atoms with Crippen LogP contribution in [0, 0.1) is 5.82 Å². The first-order valence-corrected chi connectivity index (χ1v) is 11.0. The summed E-state index contributed by atoms with van der Waals surface area (Å²) in [5, 5.41) is 21.4. The van der Waals surface area contributed by atoms with E-state index in [1.165, 1.54) is 12.1 Å². The van der Waals surface area contributed by atoms with Crippen LogP contribution in [0.15, 0.2) is 36.4 Å². The lowest BCUT2D eigenvalue weighted by Gasteiger charge is -2.46. The minimum Gasteiger partial charge on any atom is -0.490 e. The number of likely N-dealkylation sites (tertiary alicyclic amines) is 1. The molecule has 0 bridgehead atoms. The van der Waals surface area contributed by atoms with Gasteiger partial charge in [0.2, 0.25) is 0 Å². The zero-order valence-corrected chi connectivity index (χ0v) is 17.4. The number of halogens is 1. The normalized spacial score (nSPS) is 23.5. The van der Waals surface area contributed by atoms with Crippen LogP contribution in [0.5, 0.6) is 17.2 Å². The molecule has 3 aliphatic rings. The Balaban J connectivity index is 1.21. The van der Waals surface area contributed by atoms with Crippen molar-refractivity contribution < 1.29 is 28.8 Å². The van der Waals surface area contributed by atoms with E-state index in [2.05, 4.69) is 4.90 Å². The molecular formula is C24H28FNO5. The maximum atomic E-state index is 13.5. The molecule has 2 aromatic carbocycles. The lowest BCUT2D eigenvalue weighted by atomic mass is 9.81. The Labute approximate surface area is 181 Å². The Morgan fingerprint density at radius 1 is 1.03 bits per heavy atom. The molecule has 3 aliphatic heterocycles. The molecule has 2 N–H and O–H groups in total. The number of nitrogens with zero attached hydrogens (tertiary/aromatic N) is 1. The van der Waals surface area contributed by atoms with E-state index in [9.17, 15) is 14.6 Å². The molecule has 0 aromatic heterocycles. The summed E-state index contributed by atoms with van der Waals surface area (Å²) in [5.41, 5.74) is 0.892. The minimum absolute atomic E-state index is 0.365. The van der Waals surface area contributed by atoms with Crippen molar-refractivity contribution in [2.75, 3.05) is 32.8 Å². The molecule has 0 aliphatic carbocycles. The van der Waals surface area contributed by atoms with Gasteiger partial charge in [0.25, 0.3) is 0 Å². The van der Waals surface area contributed by atoms with Crippen LogP contribution < -0.4 is 14.2 Å². The average molecular weight is 429 g/mol. The molecule has 1 saturated heterocycles. The molecule has 7 heteroatoms. The Morgan fingerprint density at radius 3 is 2.58 bits per heavy atom. The van der Waals surface area contributed by atoms with E-state index in [1.54, 1.807) is 6.07 Å². The summed E-state index contributed by atoms with van der Waals surface area (Å²) in [5.74, 6) is 1.62. The summed E-state index contributed by atoms with van der Waals surface area (Å²) in [4.78, 5) is 2.22. The van der Waals surface area contributed by atoms with Crippen LogP contribution in [0.25, 0.3) is 0 Å². The Kier molecular flexibility index (Phi) is 5.50. The van der Waals surface area contributed by atoms with Crippen molar-refractivity contribution in [2.24, 2.45) is 0 Å². The topological polar surface area (TPSA) is 71.4 Å². The molecule has 2 aromatic rings. The van der Waals surface area contributed by atoms with Gasteiger partial charge in [0.05, 0.1) is 25.4 Å². The van der Waals surface area contributed by atoms with Gasteiger partial charge in [-0.25, -0.2) is 4.39 Å². The SMILES string of the molecule is O[C@H](CN1CCC2(CC1)C[C@H](O)c1cc(F)ccc1O2)c1ccc2c(c1)OCCCO2. The molecule has 0 amide bonds. The van der Waals surface area contributed by atoms with Crippen molar-refractivity contribution in [3.05, 3.63) is 53.3 Å².